The Morgan fingerprint density at radius 2 is 1.94 bits per heavy atom. The molecule has 90 valence electrons. The Hall–Kier alpha value is -1.21. The molecular weight excluding hydrogens is 204 g/mol. The zero-order valence-corrected chi connectivity index (χ0v) is 10.2. The summed E-state index contributed by atoms with van der Waals surface area (Å²) >= 11 is 0. The van der Waals surface area contributed by atoms with Crippen molar-refractivity contribution in [3.8, 4) is 12.3 Å². The van der Waals surface area contributed by atoms with Gasteiger partial charge in [-0.15, -0.1) is 6.42 Å². The topological polar surface area (TPSA) is 55.6 Å². The van der Waals surface area contributed by atoms with E-state index in [4.69, 9.17) is 16.9 Å². The molecule has 1 aliphatic rings. The van der Waals surface area contributed by atoms with Crippen molar-refractivity contribution in [2.45, 2.75) is 44.8 Å². The largest absolute Gasteiger partial charge is 0.444 e. The zero-order valence-electron chi connectivity index (χ0n) is 10.2. The van der Waals surface area contributed by atoms with Gasteiger partial charge in [0.2, 0.25) is 0 Å². The van der Waals surface area contributed by atoms with E-state index in [1.165, 1.54) is 0 Å². The molecule has 1 aliphatic heterocycles. The zero-order chi connectivity index (χ0) is 12.4. The van der Waals surface area contributed by atoms with Crippen LogP contribution in [0.1, 0.15) is 33.6 Å². The fourth-order valence-electron chi connectivity index (χ4n) is 1.56. The lowest BCUT2D eigenvalue weighted by molar-refractivity contribution is 0.0190. The Bertz CT molecular complexity index is 304. The number of hydrogen-bond acceptors (Lipinski definition) is 3. The third-order valence-corrected chi connectivity index (χ3v) is 2.59. The fraction of sp³-hybridized carbons (Fsp3) is 0.750. The van der Waals surface area contributed by atoms with Crippen molar-refractivity contribution in [2.75, 3.05) is 13.1 Å². The number of rotatable bonds is 0. The highest BCUT2D eigenvalue weighted by molar-refractivity contribution is 5.68. The Morgan fingerprint density at radius 3 is 2.31 bits per heavy atom. The molecule has 1 amide bonds. The number of likely N-dealkylation sites (tertiary alicyclic amines) is 1. The molecule has 0 unspecified atom stereocenters. The van der Waals surface area contributed by atoms with Crippen LogP contribution in [0.3, 0.4) is 0 Å². The summed E-state index contributed by atoms with van der Waals surface area (Å²) in [7, 11) is 0. The molecule has 0 bridgehead atoms. The predicted molar refractivity (Wildman–Crippen MR) is 62.8 cm³/mol. The van der Waals surface area contributed by atoms with E-state index < -0.39 is 11.1 Å². The van der Waals surface area contributed by atoms with Gasteiger partial charge in [-0.1, -0.05) is 5.92 Å². The molecule has 1 heterocycles. The van der Waals surface area contributed by atoms with E-state index in [2.05, 4.69) is 5.92 Å². The molecule has 4 nitrogen and oxygen atoms in total. The highest BCUT2D eigenvalue weighted by atomic mass is 16.6. The highest BCUT2D eigenvalue weighted by Crippen LogP contribution is 2.20. The Labute approximate surface area is 97.1 Å². The normalized spacial score (nSPS) is 20.1. The van der Waals surface area contributed by atoms with Gasteiger partial charge in [0, 0.05) is 13.1 Å². The summed E-state index contributed by atoms with van der Waals surface area (Å²) in [5.41, 5.74) is 4.92. The maximum Gasteiger partial charge on any atom is 0.410 e. The van der Waals surface area contributed by atoms with E-state index >= 15 is 0 Å². The average Bonchev–Trinajstić information content (AvgIpc) is 2.16. The number of carbonyl (C=O) groups is 1. The van der Waals surface area contributed by atoms with Gasteiger partial charge in [0.1, 0.15) is 5.60 Å². The van der Waals surface area contributed by atoms with Crippen LogP contribution in [-0.4, -0.2) is 35.2 Å². The maximum absolute atomic E-state index is 11.7. The summed E-state index contributed by atoms with van der Waals surface area (Å²) < 4.78 is 5.27. The minimum atomic E-state index is -0.557. The molecule has 0 atom stereocenters. The molecule has 4 heteroatoms. The van der Waals surface area contributed by atoms with Crippen LogP contribution in [0.15, 0.2) is 0 Å². The van der Waals surface area contributed by atoms with Gasteiger partial charge in [-0.25, -0.2) is 4.79 Å². The first-order chi connectivity index (χ1) is 7.26. The van der Waals surface area contributed by atoms with E-state index in [0.29, 0.717) is 25.9 Å². The van der Waals surface area contributed by atoms with E-state index in [-0.39, 0.29) is 6.09 Å². The number of terminal acetylenes is 1. The maximum atomic E-state index is 11.7. The Balaban J connectivity index is 2.49. The van der Waals surface area contributed by atoms with Crippen molar-refractivity contribution >= 4 is 6.09 Å². The number of piperidine rings is 1. The van der Waals surface area contributed by atoms with Crippen LogP contribution in [-0.2, 0) is 4.74 Å². The van der Waals surface area contributed by atoms with Gasteiger partial charge in [-0.3, -0.25) is 0 Å². The van der Waals surface area contributed by atoms with Crippen LogP contribution in [0.4, 0.5) is 4.79 Å². The molecule has 1 saturated heterocycles. The van der Waals surface area contributed by atoms with Gasteiger partial charge in [-0.05, 0) is 33.6 Å². The Kier molecular flexibility index (Phi) is 3.49. The number of carbonyl (C=O) groups excluding carboxylic acids is 1. The summed E-state index contributed by atoms with van der Waals surface area (Å²) in [6, 6.07) is 0. The van der Waals surface area contributed by atoms with Crippen LogP contribution in [0.5, 0.6) is 0 Å². The number of nitrogens with two attached hydrogens (primary N) is 1. The first kappa shape index (κ1) is 12.9. The van der Waals surface area contributed by atoms with E-state index in [1.807, 2.05) is 20.8 Å². The van der Waals surface area contributed by atoms with Crippen LogP contribution in [0.25, 0.3) is 0 Å². The molecule has 0 aromatic heterocycles. The number of nitrogens with zero attached hydrogens (tertiary/aromatic N) is 1. The molecule has 0 spiro atoms. The van der Waals surface area contributed by atoms with E-state index in [0.717, 1.165) is 0 Å². The second-order valence-electron chi connectivity index (χ2n) is 5.27. The molecule has 2 N–H and O–H groups in total. The molecule has 1 rings (SSSR count). The van der Waals surface area contributed by atoms with Crippen molar-refractivity contribution in [2.24, 2.45) is 5.73 Å². The Morgan fingerprint density at radius 1 is 1.44 bits per heavy atom. The van der Waals surface area contributed by atoms with Crippen molar-refractivity contribution in [3.63, 3.8) is 0 Å². The first-order valence-corrected chi connectivity index (χ1v) is 5.50. The number of hydrogen-bond donors (Lipinski definition) is 1. The summed E-state index contributed by atoms with van der Waals surface area (Å²) in [5.74, 6) is 2.59. The quantitative estimate of drug-likeness (QED) is 0.632. The summed E-state index contributed by atoms with van der Waals surface area (Å²) in [5, 5.41) is 0. The molecule has 1 fully saturated rings. The van der Waals surface area contributed by atoms with Crippen LogP contribution in [0, 0.1) is 12.3 Å². The minimum absolute atomic E-state index is 0.286. The second kappa shape index (κ2) is 4.34. The monoisotopic (exact) mass is 224 g/mol. The second-order valence-corrected chi connectivity index (χ2v) is 5.27. The fourth-order valence-corrected chi connectivity index (χ4v) is 1.56. The van der Waals surface area contributed by atoms with Gasteiger partial charge in [-0.2, -0.15) is 0 Å². The van der Waals surface area contributed by atoms with Gasteiger partial charge in [0.05, 0.1) is 5.54 Å². The van der Waals surface area contributed by atoms with Crippen molar-refractivity contribution in [1.82, 2.24) is 4.90 Å². The molecule has 16 heavy (non-hydrogen) atoms. The SMILES string of the molecule is C#CC1(N)CCN(C(=O)OC(C)(C)C)CC1. The van der Waals surface area contributed by atoms with Gasteiger partial charge in [0.25, 0.3) is 0 Å². The molecule has 0 aromatic rings. The average molecular weight is 224 g/mol. The molecule has 0 radical (unpaired) electrons. The van der Waals surface area contributed by atoms with Crippen LogP contribution in [0.2, 0.25) is 0 Å². The minimum Gasteiger partial charge on any atom is -0.444 e. The standard InChI is InChI=1S/C12H20N2O2/c1-5-12(13)6-8-14(9-7-12)10(15)16-11(2,3)4/h1H,6-9,13H2,2-4H3. The highest BCUT2D eigenvalue weighted by Gasteiger charge is 2.32. The lowest BCUT2D eigenvalue weighted by Gasteiger charge is -2.36. The lowest BCUT2D eigenvalue weighted by Crippen LogP contribution is -2.51. The number of ether oxygens (including phenoxy) is 1. The van der Waals surface area contributed by atoms with E-state index in [9.17, 15) is 4.79 Å². The summed E-state index contributed by atoms with van der Waals surface area (Å²) in [6.07, 6.45) is 6.32. The predicted octanol–water partition coefficient (Wildman–Crippen LogP) is 1.35. The van der Waals surface area contributed by atoms with Crippen molar-refractivity contribution in [1.29, 1.82) is 0 Å². The molecular formula is C12H20N2O2. The third-order valence-electron chi connectivity index (χ3n) is 2.59. The van der Waals surface area contributed by atoms with Gasteiger partial charge >= 0.3 is 6.09 Å². The van der Waals surface area contributed by atoms with Gasteiger partial charge < -0.3 is 15.4 Å². The third kappa shape index (κ3) is 3.42. The summed E-state index contributed by atoms with van der Waals surface area (Å²) in [6.45, 7) is 6.68. The van der Waals surface area contributed by atoms with Crippen molar-refractivity contribution < 1.29 is 9.53 Å². The number of amides is 1. The van der Waals surface area contributed by atoms with Crippen LogP contribution < -0.4 is 5.73 Å². The van der Waals surface area contributed by atoms with Gasteiger partial charge in [0.15, 0.2) is 0 Å². The molecule has 0 aliphatic carbocycles. The molecule has 0 saturated carbocycles. The summed E-state index contributed by atoms with van der Waals surface area (Å²) in [4.78, 5) is 13.4. The van der Waals surface area contributed by atoms with Crippen LogP contribution >= 0.6 is 0 Å². The molecule has 0 aromatic carbocycles. The van der Waals surface area contributed by atoms with E-state index in [1.54, 1.807) is 4.90 Å². The first-order valence-electron chi connectivity index (χ1n) is 5.50. The lowest BCUT2D eigenvalue weighted by atomic mass is 9.90. The van der Waals surface area contributed by atoms with Crippen molar-refractivity contribution in [3.05, 3.63) is 0 Å². The smallest absolute Gasteiger partial charge is 0.410 e.